The van der Waals surface area contributed by atoms with E-state index in [1.165, 1.54) is 11.1 Å². The fraction of sp³-hybridized carbons (Fsp3) is 0.125. The standard InChI is InChI=1S/C24H19N3O/c28-24(27-22-12-11-16-6-1-2-8-18(16)22)20-14-23(17-7-5-13-25-15-17)26-21-10-4-3-9-19(20)21/h1-10,13-15,22H,11-12H2,(H,27,28). The van der Waals surface area contributed by atoms with Crippen LogP contribution in [0.5, 0.6) is 0 Å². The van der Waals surface area contributed by atoms with E-state index in [4.69, 9.17) is 4.98 Å². The first-order valence-electron chi connectivity index (χ1n) is 9.48. The van der Waals surface area contributed by atoms with Crippen LogP contribution in [-0.2, 0) is 6.42 Å². The van der Waals surface area contributed by atoms with Crippen molar-refractivity contribution in [3.63, 3.8) is 0 Å². The minimum atomic E-state index is -0.0644. The van der Waals surface area contributed by atoms with Crippen LogP contribution in [0.3, 0.4) is 0 Å². The SMILES string of the molecule is O=C(NC1CCc2ccccc21)c1cc(-c2cccnc2)nc2ccccc12. The molecule has 28 heavy (non-hydrogen) atoms. The van der Waals surface area contributed by atoms with Gasteiger partial charge < -0.3 is 5.32 Å². The molecule has 2 heterocycles. The van der Waals surface area contributed by atoms with E-state index < -0.39 is 0 Å². The van der Waals surface area contributed by atoms with Crippen LogP contribution in [-0.4, -0.2) is 15.9 Å². The molecule has 0 radical (unpaired) electrons. The highest BCUT2D eigenvalue weighted by molar-refractivity contribution is 6.07. The topological polar surface area (TPSA) is 54.9 Å². The molecule has 4 nitrogen and oxygen atoms in total. The molecule has 2 aromatic carbocycles. The Morgan fingerprint density at radius 3 is 2.75 bits per heavy atom. The Balaban J connectivity index is 1.55. The first-order valence-corrected chi connectivity index (χ1v) is 9.48. The molecule has 5 rings (SSSR count). The lowest BCUT2D eigenvalue weighted by atomic mass is 10.0. The van der Waals surface area contributed by atoms with E-state index in [0.29, 0.717) is 5.56 Å². The van der Waals surface area contributed by atoms with Gasteiger partial charge in [-0.3, -0.25) is 9.78 Å². The zero-order valence-corrected chi connectivity index (χ0v) is 15.3. The Morgan fingerprint density at radius 1 is 1.00 bits per heavy atom. The maximum absolute atomic E-state index is 13.3. The largest absolute Gasteiger partial charge is 0.345 e. The van der Waals surface area contributed by atoms with Crippen LogP contribution in [0.25, 0.3) is 22.2 Å². The number of aryl methyl sites for hydroxylation is 1. The molecule has 1 aliphatic rings. The van der Waals surface area contributed by atoms with Crippen molar-refractivity contribution in [3.05, 3.63) is 95.8 Å². The van der Waals surface area contributed by atoms with Crippen molar-refractivity contribution in [2.24, 2.45) is 0 Å². The van der Waals surface area contributed by atoms with E-state index in [1.54, 1.807) is 12.4 Å². The molecule has 1 aliphatic carbocycles. The molecule has 0 spiro atoms. The molecule has 4 aromatic rings. The number of carbonyl (C=O) groups is 1. The molecule has 1 unspecified atom stereocenters. The van der Waals surface area contributed by atoms with Gasteiger partial charge in [0.05, 0.1) is 22.8 Å². The molecule has 0 bridgehead atoms. The molecule has 1 N–H and O–H groups in total. The Hall–Kier alpha value is -3.53. The highest BCUT2D eigenvalue weighted by Crippen LogP contribution is 2.32. The van der Waals surface area contributed by atoms with E-state index in [1.807, 2.05) is 48.5 Å². The number of fused-ring (bicyclic) bond motifs is 2. The van der Waals surface area contributed by atoms with Gasteiger partial charge in [0.25, 0.3) is 5.91 Å². The summed E-state index contributed by atoms with van der Waals surface area (Å²) in [7, 11) is 0. The maximum Gasteiger partial charge on any atom is 0.252 e. The van der Waals surface area contributed by atoms with Gasteiger partial charge in [-0.1, -0.05) is 42.5 Å². The van der Waals surface area contributed by atoms with Gasteiger partial charge in [0, 0.05) is 23.3 Å². The zero-order chi connectivity index (χ0) is 18.9. The predicted octanol–water partition coefficient (Wildman–Crippen LogP) is 4.71. The van der Waals surface area contributed by atoms with Gasteiger partial charge in [0.2, 0.25) is 0 Å². The third-order valence-corrected chi connectivity index (χ3v) is 5.36. The highest BCUT2D eigenvalue weighted by Gasteiger charge is 2.24. The third-order valence-electron chi connectivity index (χ3n) is 5.36. The molecular weight excluding hydrogens is 346 g/mol. The summed E-state index contributed by atoms with van der Waals surface area (Å²) < 4.78 is 0. The summed E-state index contributed by atoms with van der Waals surface area (Å²) in [5.74, 6) is -0.0644. The average Bonchev–Trinajstić information content (AvgIpc) is 3.16. The van der Waals surface area contributed by atoms with E-state index >= 15 is 0 Å². The van der Waals surface area contributed by atoms with E-state index in [2.05, 4.69) is 28.5 Å². The van der Waals surface area contributed by atoms with Crippen molar-refractivity contribution in [1.82, 2.24) is 15.3 Å². The molecule has 1 atom stereocenters. The summed E-state index contributed by atoms with van der Waals surface area (Å²) in [6, 6.07) is 21.9. The lowest BCUT2D eigenvalue weighted by Gasteiger charge is -2.16. The van der Waals surface area contributed by atoms with Crippen molar-refractivity contribution in [3.8, 4) is 11.3 Å². The molecule has 0 aliphatic heterocycles. The number of nitrogens with one attached hydrogen (secondary N) is 1. The van der Waals surface area contributed by atoms with E-state index in [9.17, 15) is 4.79 Å². The fourth-order valence-corrected chi connectivity index (χ4v) is 3.97. The predicted molar refractivity (Wildman–Crippen MR) is 110 cm³/mol. The normalized spacial score (nSPS) is 15.4. The van der Waals surface area contributed by atoms with Crippen molar-refractivity contribution in [1.29, 1.82) is 0 Å². The van der Waals surface area contributed by atoms with Gasteiger partial charge in [-0.2, -0.15) is 0 Å². The van der Waals surface area contributed by atoms with Crippen LogP contribution in [0.2, 0.25) is 0 Å². The minimum absolute atomic E-state index is 0.0532. The van der Waals surface area contributed by atoms with Crippen LogP contribution in [0, 0.1) is 0 Å². The number of hydrogen-bond donors (Lipinski definition) is 1. The number of nitrogens with zero attached hydrogens (tertiary/aromatic N) is 2. The summed E-state index contributed by atoms with van der Waals surface area (Å²) in [5.41, 5.74) is 5.65. The summed E-state index contributed by atoms with van der Waals surface area (Å²) in [6.45, 7) is 0. The Bertz CT molecular complexity index is 1170. The number of amides is 1. The maximum atomic E-state index is 13.3. The van der Waals surface area contributed by atoms with Gasteiger partial charge in [-0.25, -0.2) is 4.98 Å². The van der Waals surface area contributed by atoms with Gasteiger partial charge >= 0.3 is 0 Å². The molecule has 0 saturated carbocycles. The Kier molecular flexibility index (Phi) is 4.09. The highest BCUT2D eigenvalue weighted by atomic mass is 16.1. The van der Waals surface area contributed by atoms with Crippen molar-refractivity contribution >= 4 is 16.8 Å². The fourth-order valence-electron chi connectivity index (χ4n) is 3.97. The molecular formula is C24H19N3O. The van der Waals surface area contributed by atoms with Gasteiger partial charge in [-0.15, -0.1) is 0 Å². The summed E-state index contributed by atoms with van der Waals surface area (Å²) in [4.78, 5) is 22.2. The molecule has 136 valence electrons. The first kappa shape index (κ1) is 16.6. The number of hydrogen-bond acceptors (Lipinski definition) is 3. The molecule has 2 aromatic heterocycles. The summed E-state index contributed by atoms with van der Waals surface area (Å²) in [5, 5.41) is 4.10. The van der Waals surface area contributed by atoms with E-state index in [-0.39, 0.29) is 11.9 Å². The molecule has 1 amide bonds. The average molecular weight is 365 g/mol. The van der Waals surface area contributed by atoms with Crippen LogP contribution < -0.4 is 5.32 Å². The number of para-hydroxylation sites is 1. The van der Waals surface area contributed by atoms with Crippen molar-refractivity contribution in [2.75, 3.05) is 0 Å². The second-order valence-corrected chi connectivity index (χ2v) is 7.08. The van der Waals surface area contributed by atoms with Crippen LogP contribution in [0.15, 0.2) is 79.1 Å². The van der Waals surface area contributed by atoms with Gasteiger partial charge in [-0.05, 0) is 48.2 Å². The number of carbonyl (C=O) groups excluding carboxylic acids is 1. The molecule has 0 fully saturated rings. The van der Waals surface area contributed by atoms with Crippen LogP contribution in [0.1, 0.15) is 33.9 Å². The summed E-state index contributed by atoms with van der Waals surface area (Å²) >= 11 is 0. The van der Waals surface area contributed by atoms with Crippen LogP contribution >= 0.6 is 0 Å². The number of pyridine rings is 2. The van der Waals surface area contributed by atoms with Crippen molar-refractivity contribution in [2.45, 2.75) is 18.9 Å². The molecule has 4 heteroatoms. The van der Waals surface area contributed by atoms with Gasteiger partial charge in [0.1, 0.15) is 0 Å². The first-order chi connectivity index (χ1) is 13.8. The zero-order valence-electron chi connectivity index (χ0n) is 15.3. The number of benzene rings is 2. The number of aromatic nitrogens is 2. The second-order valence-electron chi connectivity index (χ2n) is 7.08. The Labute approximate surface area is 163 Å². The van der Waals surface area contributed by atoms with Gasteiger partial charge in [0.15, 0.2) is 0 Å². The molecule has 0 saturated heterocycles. The Morgan fingerprint density at radius 2 is 1.86 bits per heavy atom. The third kappa shape index (κ3) is 2.93. The lowest BCUT2D eigenvalue weighted by molar-refractivity contribution is 0.0938. The van der Waals surface area contributed by atoms with E-state index in [0.717, 1.165) is 35.0 Å². The lowest BCUT2D eigenvalue weighted by Crippen LogP contribution is -2.27. The smallest absolute Gasteiger partial charge is 0.252 e. The van der Waals surface area contributed by atoms with Crippen LogP contribution in [0.4, 0.5) is 0 Å². The summed E-state index contributed by atoms with van der Waals surface area (Å²) in [6.07, 6.45) is 5.43. The number of rotatable bonds is 3. The monoisotopic (exact) mass is 365 g/mol. The minimum Gasteiger partial charge on any atom is -0.345 e. The van der Waals surface area contributed by atoms with Crippen molar-refractivity contribution < 1.29 is 4.79 Å². The second kappa shape index (κ2) is 6.89. The quantitative estimate of drug-likeness (QED) is 0.572.